The number of phenolic OH excluding ortho intramolecular Hbond substituents is 1. The molecule has 1 N–H and O–H groups in total. The van der Waals surface area contributed by atoms with Gasteiger partial charge >= 0.3 is 6.09 Å². The van der Waals surface area contributed by atoms with E-state index >= 15 is 0 Å². The van der Waals surface area contributed by atoms with E-state index < -0.39 is 11.2 Å². The maximum absolute atomic E-state index is 12.4. The summed E-state index contributed by atoms with van der Waals surface area (Å²) in [7, 11) is 1.62. The van der Waals surface area contributed by atoms with Crippen molar-refractivity contribution < 1.29 is 24.1 Å². The van der Waals surface area contributed by atoms with E-state index in [1.54, 1.807) is 24.1 Å². The van der Waals surface area contributed by atoms with Crippen molar-refractivity contribution in [2.75, 3.05) is 20.2 Å². The second-order valence-electron chi connectivity index (χ2n) is 8.02. The summed E-state index contributed by atoms with van der Waals surface area (Å²) in [5.41, 5.74) is 1.67. The molecule has 0 bridgehead atoms. The number of phenols is 1. The molecular formula is C23H29NO5. The van der Waals surface area contributed by atoms with Crippen LogP contribution in [-0.2, 0) is 10.3 Å². The van der Waals surface area contributed by atoms with Gasteiger partial charge < -0.3 is 19.3 Å². The molecule has 1 saturated heterocycles. The second kappa shape index (κ2) is 7.50. The summed E-state index contributed by atoms with van der Waals surface area (Å²) >= 11 is 0. The number of ether oxygens (including phenoxy) is 3. The van der Waals surface area contributed by atoms with Crippen LogP contribution < -0.4 is 9.47 Å². The Labute approximate surface area is 172 Å². The molecule has 6 nitrogen and oxygen atoms in total. The Morgan fingerprint density at radius 2 is 1.76 bits per heavy atom. The van der Waals surface area contributed by atoms with Crippen LogP contribution in [0, 0.1) is 0 Å². The smallest absolute Gasteiger partial charge is 0.410 e. The number of hydrogen-bond acceptors (Lipinski definition) is 5. The Bertz CT molecular complexity index is 910. The first-order valence-electron chi connectivity index (χ1n) is 9.90. The summed E-state index contributed by atoms with van der Waals surface area (Å²) in [6, 6.07) is 10.9. The lowest BCUT2D eigenvalue weighted by Gasteiger charge is -2.52. The summed E-state index contributed by atoms with van der Waals surface area (Å²) in [5.74, 6) is 1.48. The van der Waals surface area contributed by atoms with E-state index in [-0.39, 0.29) is 11.8 Å². The van der Waals surface area contributed by atoms with Crippen LogP contribution in [0.5, 0.6) is 17.2 Å². The molecule has 0 atom stereocenters. The maximum atomic E-state index is 12.4. The van der Waals surface area contributed by atoms with Crippen molar-refractivity contribution in [3.8, 4) is 28.4 Å². The summed E-state index contributed by atoms with van der Waals surface area (Å²) in [6.45, 7) is 10.3. The standard InChI is InChI=1S/C21H23NO5.C2H6/c1-20(2,3)27-19(24)22-11-21(12-22)17-10-14(25-4)6-8-15(17)16-7-5-13(23)9-18(16)26-21;1-2/h5-10,23H,11-12H2,1-4H3;1-2H3. The fraction of sp³-hybridized carbons (Fsp3) is 0.435. The Balaban J connectivity index is 0.00000117. The summed E-state index contributed by atoms with van der Waals surface area (Å²) in [5, 5.41) is 9.86. The van der Waals surface area contributed by atoms with Gasteiger partial charge in [0.1, 0.15) is 22.8 Å². The average Bonchev–Trinajstić information content (AvgIpc) is 2.64. The number of rotatable bonds is 1. The number of fused-ring (bicyclic) bond motifs is 4. The van der Waals surface area contributed by atoms with E-state index in [0.717, 1.165) is 22.4 Å². The topological polar surface area (TPSA) is 68.2 Å². The van der Waals surface area contributed by atoms with Crippen LogP contribution in [-0.4, -0.2) is 41.9 Å². The lowest BCUT2D eigenvalue weighted by Crippen LogP contribution is -2.65. The van der Waals surface area contributed by atoms with Gasteiger partial charge in [0.15, 0.2) is 5.60 Å². The summed E-state index contributed by atoms with van der Waals surface area (Å²) in [4.78, 5) is 14.0. The molecule has 2 heterocycles. The molecular weight excluding hydrogens is 370 g/mol. The van der Waals surface area contributed by atoms with E-state index in [1.807, 2.05) is 58.9 Å². The van der Waals surface area contributed by atoms with Gasteiger partial charge in [-0.25, -0.2) is 4.79 Å². The molecule has 1 spiro atoms. The Kier molecular flexibility index (Phi) is 5.39. The van der Waals surface area contributed by atoms with Crippen LogP contribution >= 0.6 is 0 Å². The Morgan fingerprint density at radius 3 is 2.38 bits per heavy atom. The lowest BCUT2D eigenvalue weighted by atomic mass is 9.79. The van der Waals surface area contributed by atoms with Gasteiger partial charge in [-0.15, -0.1) is 0 Å². The molecule has 1 fully saturated rings. The Hall–Kier alpha value is -2.89. The zero-order valence-corrected chi connectivity index (χ0v) is 17.9. The minimum atomic E-state index is -0.679. The van der Waals surface area contributed by atoms with E-state index in [0.29, 0.717) is 18.8 Å². The van der Waals surface area contributed by atoms with Crippen molar-refractivity contribution in [1.82, 2.24) is 4.90 Å². The first-order valence-corrected chi connectivity index (χ1v) is 9.90. The van der Waals surface area contributed by atoms with Crippen molar-refractivity contribution in [1.29, 1.82) is 0 Å². The first kappa shape index (κ1) is 20.8. The van der Waals surface area contributed by atoms with E-state index in [1.165, 1.54) is 0 Å². The molecule has 4 rings (SSSR count). The van der Waals surface area contributed by atoms with Crippen LogP contribution in [0.15, 0.2) is 36.4 Å². The third-order valence-corrected chi connectivity index (χ3v) is 4.82. The van der Waals surface area contributed by atoms with Crippen LogP contribution in [0.25, 0.3) is 11.1 Å². The minimum absolute atomic E-state index is 0.143. The number of methoxy groups -OCH3 is 1. The van der Waals surface area contributed by atoms with Gasteiger partial charge in [-0.2, -0.15) is 0 Å². The molecule has 1 amide bonds. The predicted molar refractivity (Wildman–Crippen MR) is 112 cm³/mol. The molecule has 0 unspecified atom stereocenters. The average molecular weight is 399 g/mol. The van der Waals surface area contributed by atoms with Gasteiger partial charge in [0.2, 0.25) is 0 Å². The molecule has 2 aromatic carbocycles. The van der Waals surface area contributed by atoms with Gasteiger partial charge in [0.25, 0.3) is 0 Å². The molecule has 0 radical (unpaired) electrons. The van der Waals surface area contributed by atoms with Crippen LogP contribution in [0.3, 0.4) is 0 Å². The third kappa shape index (κ3) is 3.84. The number of amides is 1. The van der Waals surface area contributed by atoms with Crippen molar-refractivity contribution in [2.24, 2.45) is 0 Å². The third-order valence-electron chi connectivity index (χ3n) is 4.82. The van der Waals surface area contributed by atoms with Crippen molar-refractivity contribution >= 4 is 6.09 Å². The van der Waals surface area contributed by atoms with Crippen molar-refractivity contribution in [2.45, 2.75) is 45.8 Å². The highest BCUT2D eigenvalue weighted by Gasteiger charge is 2.53. The van der Waals surface area contributed by atoms with Gasteiger partial charge in [-0.05, 0) is 50.6 Å². The number of aromatic hydroxyl groups is 1. The molecule has 29 heavy (non-hydrogen) atoms. The largest absolute Gasteiger partial charge is 0.508 e. The molecule has 6 heteroatoms. The van der Waals surface area contributed by atoms with Crippen LogP contribution in [0.4, 0.5) is 4.79 Å². The fourth-order valence-corrected chi connectivity index (χ4v) is 3.61. The molecule has 2 aromatic rings. The Morgan fingerprint density at radius 1 is 1.10 bits per heavy atom. The first-order chi connectivity index (χ1) is 13.7. The lowest BCUT2D eigenvalue weighted by molar-refractivity contribution is -0.0876. The number of nitrogens with zero attached hydrogens (tertiary/aromatic N) is 1. The van der Waals surface area contributed by atoms with Crippen LogP contribution in [0.2, 0.25) is 0 Å². The quantitative estimate of drug-likeness (QED) is 0.736. The zero-order chi connectivity index (χ0) is 21.4. The monoisotopic (exact) mass is 399 g/mol. The maximum Gasteiger partial charge on any atom is 0.410 e. The highest BCUT2D eigenvalue weighted by molar-refractivity contribution is 5.79. The fourth-order valence-electron chi connectivity index (χ4n) is 3.61. The number of hydrogen-bond donors (Lipinski definition) is 1. The molecule has 2 aliphatic rings. The number of carbonyl (C=O) groups is 1. The van der Waals surface area contributed by atoms with Gasteiger partial charge in [-0.1, -0.05) is 19.9 Å². The van der Waals surface area contributed by atoms with E-state index in [4.69, 9.17) is 14.2 Å². The molecule has 0 aromatic heterocycles. The molecule has 2 aliphatic heterocycles. The molecule has 0 saturated carbocycles. The number of likely N-dealkylation sites (tertiary alicyclic amines) is 1. The number of benzene rings is 2. The van der Waals surface area contributed by atoms with E-state index in [2.05, 4.69) is 0 Å². The zero-order valence-electron chi connectivity index (χ0n) is 17.9. The second-order valence-corrected chi connectivity index (χ2v) is 8.02. The van der Waals surface area contributed by atoms with Gasteiger partial charge in [-0.3, -0.25) is 4.90 Å². The number of carbonyl (C=O) groups excluding carboxylic acids is 1. The predicted octanol–water partition coefficient (Wildman–Crippen LogP) is 4.93. The van der Waals surface area contributed by atoms with Crippen molar-refractivity contribution in [3.05, 3.63) is 42.0 Å². The minimum Gasteiger partial charge on any atom is -0.508 e. The SMILES string of the molecule is CC.COc1ccc2c(c1)C1(CN(C(=O)OC(C)(C)C)C1)Oc1cc(O)ccc1-2. The summed E-state index contributed by atoms with van der Waals surface area (Å²) in [6.07, 6.45) is -0.358. The highest BCUT2D eigenvalue weighted by atomic mass is 16.6. The molecule has 156 valence electrons. The van der Waals surface area contributed by atoms with Crippen molar-refractivity contribution in [3.63, 3.8) is 0 Å². The van der Waals surface area contributed by atoms with Crippen LogP contribution in [0.1, 0.15) is 40.2 Å². The van der Waals surface area contributed by atoms with Gasteiger partial charge in [0.05, 0.1) is 20.2 Å². The van der Waals surface area contributed by atoms with Gasteiger partial charge in [0, 0.05) is 17.2 Å². The van der Waals surface area contributed by atoms with E-state index in [9.17, 15) is 9.90 Å². The molecule has 0 aliphatic carbocycles. The summed E-state index contributed by atoms with van der Waals surface area (Å²) < 4.78 is 17.2. The normalized spacial score (nSPS) is 15.7. The highest BCUT2D eigenvalue weighted by Crippen LogP contribution is 2.50.